The van der Waals surface area contributed by atoms with Crippen LogP contribution in [0.5, 0.6) is 0 Å². The van der Waals surface area contributed by atoms with Crippen molar-refractivity contribution in [1.29, 1.82) is 0 Å². The number of hydrogen-bond donors (Lipinski definition) is 2. The molecule has 0 unspecified atom stereocenters. The molecule has 0 saturated heterocycles. The second kappa shape index (κ2) is 8.56. The average molecular weight is 383 g/mol. The maximum Gasteiger partial charge on any atom is 0.311 e. The minimum atomic E-state index is -1.08. The molecule has 1 aromatic carbocycles. The number of ether oxygens (including phenoxy) is 1. The molecule has 10 heteroatoms. The summed E-state index contributed by atoms with van der Waals surface area (Å²) in [5.74, 6) is -3.15. The molecule has 1 heterocycles. The van der Waals surface area contributed by atoms with Crippen LogP contribution in [0.4, 0.5) is 14.5 Å². The SMILES string of the molecule is COC(=O)Cc1cc(=O)[nH]c(S[C@H](C)C(=O)Nc2ccc(F)c(F)c2)n1. The predicted molar refractivity (Wildman–Crippen MR) is 90.9 cm³/mol. The van der Waals surface area contributed by atoms with Crippen molar-refractivity contribution in [3.05, 3.63) is 51.9 Å². The molecule has 2 rings (SSSR count). The number of nitrogens with zero attached hydrogens (tertiary/aromatic N) is 1. The molecule has 0 radical (unpaired) electrons. The van der Waals surface area contributed by atoms with E-state index in [0.29, 0.717) is 0 Å². The molecule has 0 spiro atoms. The number of carbonyl (C=O) groups is 2. The Kier molecular flexibility index (Phi) is 6.45. The number of nitrogens with one attached hydrogen (secondary N) is 2. The Balaban J connectivity index is 2.07. The van der Waals surface area contributed by atoms with Gasteiger partial charge in [-0.3, -0.25) is 14.4 Å². The number of halogens is 2. The monoisotopic (exact) mass is 383 g/mol. The fourth-order valence-corrected chi connectivity index (χ4v) is 2.72. The lowest BCUT2D eigenvalue weighted by Gasteiger charge is -2.12. The van der Waals surface area contributed by atoms with Gasteiger partial charge in [0.1, 0.15) is 0 Å². The number of benzene rings is 1. The minimum Gasteiger partial charge on any atom is -0.469 e. The van der Waals surface area contributed by atoms with E-state index in [-0.39, 0.29) is 23.0 Å². The second-order valence-electron chi connectivity index (χ2n) is 5.17. The summed E-state index contributed by atoms with van der Waals surface area (Å²) in [5, 5.41) is 1.87. The summed E-state index contributed by atoms with van der Waals surface area (Å²) in [6.07, 6.45) is -0.177. The molecule has 1 aromatic heterocycles. The minimum absolute atomic E-state index is 0.0993. The molecule has 0 aliphatic heterocycles. The lowest BCUT2D eigenvalue weighted by molar-refractivity contribution is -0.139. The van der Waals surface area contributed by atoms with Crippen LogP contribution in [-0.4, -0.2) is 34.2 Å². The standard InChI is InChI=1S/C16H15F2N3O4S/c1-8(15(24)19-9-3-4-11(17)12(18)5-9)26-16-20-10(6-13(22)21-16)7-14(23)25-2/h3-6,8H,7H2,1-2H3,(H,19,24)(H,20,21,22)/t8-/m1/s1. The average Bonchev–Trinajstić information content (AvgIpc) is 2.57. The van der Waals surface area contributed by atoms with Gasteiger partial charge in [-0.05, 0) is 19.1 Å². The van der Waals surface area contributed by atoms with Gasteiger partial charge in [0.15, 0.2) is 16.8 Å². The van der Waals surface area contributed by atoms with Crippen molar-refractivity contribution in [2.45, 2.75) is 23.8 Å². The Morgan fingerprint density at radius 2 is 2.04 bits per heavy atom. The van der Waals surface area contributed by atoms with Crippen molar-refractivity contribution < 1.29 is 23.1 Å². The summed E-state index contributed by atoms with van der Waals surface area (Å²) in [4.78, 5) is 41.7. The van der Waals surface area contributed by atoms with Crippen molar-refractivity contribution in [3.63, 3.8) is 0 Å². The highest BCUT2D eigenvalue weighted by Gasteiger charge is 2.17. The maximum atomic E-state index is 13.2. The van der Waals surface area contributed by atoms with Gasteiger partial charge in [0, 0.05) is 17.8 Å². The van der Waals surface area contributed by atoms with Crippen LogP contribution in [0.2, 0.25) is 0 Å². The first-order valence-corrected chi connectivity index (χ1v) is 8.26. The van der Waals surface area contributed by atoms with Crippen LogP contribution in [0, 0.1) is 11.6 Å². The second-order valence-corrected chi connectivity index (χ2v) is 6.50. The highest BCUT2D eigenvalue weighted by molar-refractivity contribution is 8.00. The number of carbonyl (C=O) groups excluding carboxylic acids is 2. The molecule has 1 atom stereocenters. The van der Waals surface area contributed by atoms with E-state index in [9.17, 15) is 23.2 Å². The summed E-state index contributed by atoms with van der Waals surface area (Å²) in [6, 6.07) is 4.15. The van der Waals surface area contributed by atoms with E-state index >= 15 is 0 Å². The molecular weight excluding hydrogens is 368 g/mol. The van der Waals surface area contributed by atoms with Gasteiger partial charge in [0.25, 0.3) is 5.56 Å². The summed E-state index contributed by atoms with van der Waals surface area (Å²) < 4.78 is 30.6. The first kappa shape index (κ1) is 19.6. The molecule has 0 bridgehead atoms. The Labute approximate surface area is 151 Å². The van der Waals surface area contributed by atoms with E-state index in [2.05, 4.69) is 20.0 Å². The van der Waals surface area contributed by atoms with Gasteiger partial charge in [0.2, 0.25) is 5.91 Å². The van der Waals surface area contributed by atoms with E-state index in [1.807, 2.05) is 0 Å². The third-order valence-corrected chi connectivity index (χ3v) is 4.16. The molecule has 2 N–H and O–H groups in total. The summed E-state index contributed by atoms with van der Waals surface area (Å²) in [5.41, 5.74) is -0.173. The van der Waals surface area contributed by atoms with Crippen LogP contribution in [0.1, 0.15) is 12.6 Å². The van der Waals surface area contributed by atoms with Crippen LogP contribution in [0.3, 0.4) is 0 Å². The molecule has 26 heavy (non-hydrogen) atoms. The van der Waals surface area contributed by atoms with E-state index in [4.69, 9.17) is 0 Å². The topological polar surface area (TPSA) is 101 Å². The Hall–Kier alpha value is -2.75. The lowest BCUT2D eigenvalue weighted by atomic mass is 10.3. The smallest absolute Gasteiger partial charge is 0.311 e. The molecule has 0 aliphatic carbocycles. The van der Waals surface area contributed by atoms with Crippen LogP contribution >= 0.6 is 11.8 Å². The highest BCUT2D eigenvalue weighted by Crippen LogP contribution is 2.21. The first-order valence-electron chi connectivity index (χ1n) is 7.38. The molecule has 1 amide bonds. The number of thioether (sulfide) groups is 1. The quantitative estimate of drug-likeness (QED) is 0.449. The van der Waals surface area contributed by atoms with Gasteiger partial charge in [-0.15, -0.1) is 0 Å². The Morgan fingerprint density at radius 3 is 2.69 bits per heavy atom. The first-order chi connectivity index (χ1) is 12.3. The number of methoxy groups -OCH3 is 1. The zero-order valence-electron chi connectivity index (χ0n) is 13.8. The number of aromatic nitrogens is 2. The van der Waals surface area contributed by atoms with Gasteiger partial charge in [-0.2, -0.15) is 0 Å². The zero-order valence-corrected chi connectivity index (χ0v) is 14.7. The Morgan fingerprint density at radius 1 is 1.31 bits per heavy atom. The van der Waals surface area contributed by atoms with Crippen molar-refractivity contribution in [2.75, 3.05) is 12.4 Å². The van der Waals surface area contributed by atoms with Gasteiger partial charge < -0.3 is 15.0 Å². The normalized spacial score (nSPS) is 11.7. The molecule has 0 aliphatic rings. The highest BCUT2D eigenvalue weighted by atomic mass is 32.2. The fraction of sp³-hybridized carbons (Fsp3) is 0.250. The lowest BCUT2D eigenvalue weighted by Crippen LogP contribution is -2.23. The number of anilines is 1. The largest absolute Gasteiger partial charge is 0.469 e. The molecule has 138 valence electrons. The molecule has 7 nitrogen and oxygen atoms in total. The summed E-state index contributed by atoms with van der Waals surface area (Å²) in [6.45, 7) is 1.55. The van der Waals surface area contributed by atoms with Crippen molar-refractivity contribution in [2.24, 2.45) is 0 Å². The number of rotatable bonds is 6. The fourth-order valence-electron chi connectivity index (χ4n) is 1.89. The van der Waals surface area contributed by atoms with E-state index in [1.54, 1.807) is 6.92 Å². The summed E-state index contributed by atoms with van der Waals surface area (Å²) >= 11 is 0.943. The van der Waals surface area contributed by atoms with Gasteiger partial charge >= 0.3 is 5.97 Å². The van der Waals surface area contributed by atoms with E-state index in [1.165, 1.54) is 13.2 Å². The van der Waals surface area contributed by atoms with Gasteiger partial charge in [-0.1, -0.05) is 11.8 Å². The molecule has 2 aromatic rings. The Bertz CT molecular complexity index is 888. The third-order valence-electron chi connectivity index (χ3n) is 3.17. The summed E-state index contributed by atoms with van der Waals surface area (Å²) in [7, 11) is 1.22. The van der Waals surface area contributed by atoms with Crippen molar-refractivity contribution >= 4 is 29.3 Å². The van der Waals surface area contributed by atoms with Crippen LogP contribution in [-0.2, 0) is 20.7 Å². The maximum absolute atomic E-state index is 13.2. The number of hydrogen-bond acceptors (Lipinski definition) is 6. The number of amides is 1. The number of aromatic amines is 1. The van der Waals surface area contributed by atoms with Gasteiger partial charge in [-0.25, -0.2) is 13.8 Å². The molecule has 0 saturated carbocycles. The third kappa shape index (κ3) is 5.38. The number of H-pyrrole nitrogens is 1. The van der Waals surface area contributed by atoms with E-state index < -0.39 is 34.3 Å². The van der Waals surface area contributed by atoms with Crippen LogP contribution < -0.4 is 10.9 Å². The molecular formula is C16H15F2N3O4S. The van der Waals surface area contributed by atoms with Crippen molar-refractivity contribution in [3.8, 4) is 0 Å². The molecule has 0 fully saturated rings. The van der Waals surface area contributed by atoms with Gasteiger partial charge in [0.05, 0.1) is 24.5 Å². The number of esters is 1. The van der Waals surface area contributed by atoms with Crippen molar-refractivity contribution in [1.82, 2.24) is 9.97 Å². The van der Waals surface area contributed by atoms with E-state index in [0.717, 1.165) is 30.0 Å². The van der Waals surface area contributed by atoms with Crippen LogP contribution in [0.15, 0.2) is 34.2 Å². The van der Waals surface area contributed by atoms with Crippen LogP contribution in [0.25, 0.3) is 0 Å². The zero-order chi connectivity index (χ0) is 19.3. The predicted octanol–water partition coefficient (Wildman–Crippen LogP) is 1.88.